The van der Waals surface area contributed by atoms with Crippen LogP contribution in [-0.2, 0) is 9.47 Å². The minimum absolute atomic E-state index is 0.0690. The van der Waals surface area contributed by atoms with E-state index in [0.717, 1.165) is 25.7 Å². The van der Waals surface area contributed by atoms with Gasteiger partial charge in [0.15, 0.2) is 0 Å². The van der Waals surface area contributed by atoms with Gasteiger partial charge in [0.2, 0.25) is 0 Å². The Morgan fingerprint density at radius 3 is 2.47 bits per heavy atom. The van der Waals surface area contributed by atoms with Crippen molar-refractivity contribution in [3.05, 3.63) is 0 Å². The molecule has 1 N–H and O–H groups in total. The van der Waals surface area contributed by atoms with Gasteiger partial charge in [0.1, 0.15) is 0 Å². The fourth-order valence-electron chi connectivity index (χ4n) is 4.16. The average molecular weight is 333 g/mol. The Hall–Kier alpha value is 0.360. The van der Waals surface area contributed by atoms with Gasteiger partial charge in [0.05, 0.1) is 29.0 Å². The standard InChI is InChI=1S/C15H25BrO3/c1-13(2)10(16)8-12-15(4,19-13)9-5-6-14(3,18-12)11(17)7-9/h9-12,17H,5-8H2,1-4H3/t9-,10?,11?,12-,14+,15?/m1/s1. The highest BCUT2D eigenvalue weighted by Crippen LogP contribution is 2.54. The number of aliphatic hydroxyl groups excluding tert-OH is 1. The molecule has 110 valence electrons. The van der Waals surface area contributed by atoms with Gasteiger partial charge in [-0.1, -0.05) is 15.9 Å². The highest BCUT2D eigenvalue weighted by molar-refractivity contribution is 9.09. The van der Waals surface area contributed by atoms with E-state index in [2.05, 4.69) is 43.6 Å². The lowest BCUT2D eigenvalue weighted by Gasteiger charge is -2.52. The Balaban J connectivity index is 1.99. The van der Waals surface area contributed by atoms with E-state index < -0.39 is 5.60 Å². The number of aliphatic hydroxyl groups is 1. The van der Waals surface area contributed by atoms with Crippen molar-refractivity contribution in [1.29, 1.82) is 0 Å². The second-order valence-corrected chi connectivity index (χ2v) is 8.60. The number of rotatable bonds is 0. The van der Waals surface area contributed by atoms with Crippen molar-refractivity contribution in [2.24, 2.45) is 5.92 Å². The summed E-state index contributed by atoms with van der Waals surface area (Å²) in [6.07, 6.45) is 3.47. The van der Waals surface area contributed by atoms with Gasteiger partial charge in [-0.2, -0.15) is 0 Å². The molecule has 4 aliphatic rings. The predicted octanol–water partition coefficient (Wildman–Crippen LogP) is 3.03. The molecule has 0 aromatic rings. The molecule has 3 saturated heterocycles. The molecule has 0 aromatic carbocycles. The average Bonchev–Trinajstić information content (AvgIpc) is 2.42. The van der Waals surface area contributed by atoms with E-state index >= 15 is 0 Å². The maximum absolute atomic E-state index is 10.4. The molecule has 6 atom stereocenters. The molecule has 2 bridgehead atoms. The van der Waals surface area contributed by atoms with Crippen LogP contribution in [0.5, 0.6) is 0 Å². The third-order valence-corrected chi connectivity index (χ3v) is 7.20. The SMILES string of the molecule is CC1(C)OC2(C)[C@@H]3CC[C@](C)(O[C@@H]2CC1Br)C(O)C3. The molecule has 0 radical (unpaired) electrons. The van der Waals surface area contributed by atoms with Crippen LogP contribution in [0.4, 0.5) is 0 Å². The van der Waals surface area contributed by atoms with Crippen molar-refractivity contribution in [1.82, 2.24) is 0 Å². The third kappa shape index (κ3) is 2.02. The normalized spacial score (nSPS) is 56.5. The molecule has 4 rings (SSSR count). The monoisotopic (exact) mass is 332 g/mol. The first-order valence-electron chi connectivity index (χ1n) is 7.37. The Bertz CT molecular complexity index is 386. The zero-order valence-corrected chi connectivity index (χ0v) is 13.9. The zero-order valence-electron chi connectivity index (χ0n) is 12.3. The van der Waals surface area contributed by atoms with Crippen LogP contribution in [-0.4, -0.2) is 38.9 Å². The zero-order chi connectivity index (χ0) is 14.1. The summed E-state index contributed by atoms with van der Waals surface area (Å²) >= 11 is 3.75. The lowest BCUT2D eigenvalue weighted by atomic mass is 9.70. The van der Waals surface area contributed by atoms with Crippen LogP contribution in [0.15, 0.2) is 0 Å². The molecule has 0 spiro atoms. The van der Waals surface area contributed by atoms with Crippen molar-refractivity contribution < 1.29 is 14.6 Å². The van der Waals surface area contributed by atoms with Gasteiger partial charge in [0, 0.05) is 4.83 Å². The molecule has 1 aliphatic carbocycles. The van der Waals surface area contributed by atoms with Gasteiger partial charge in [-0.05, 0) is 59.3 Å². The molecule has 19 heavy (non-hydrogen) atoms. The molecule has 3 nitrogen and oxygen atoms in total. The van der Waals surface area contributed by atoms with Crippen molar-refractivity contribution in [2.45, 2.75) is 87.2 Å². The van der Waals surface area contributed by atoms with Crippen LogP contribution in [0, 0.1) is 5.92 Å². The summed E-state index contributed by atoms with van der Waals surface area (Å²) in [5.74, 6) is 0.391. The number of fused-ring (bicyclic) bond motifs is 2. The predicted molar refractivity (Wildman–Crippen MR) is 77.5 cm³/mol. The Morgan fingerprint density at radius 1 is 1.16 bits per heavy atom. The topological polar surface area (TPSA) is 38.7 Å². The summed E-state index contributed by atoms with van der Waals surface area (Å²) in [7, 11) is 0. The third-order valence-electron chi connectivity index (χ3n) is 5.72. The van der Waals surface area contributed by atoms with Crippen LogP contribution in [0.2, 0.25) is 0 Å². The molecule has 3 heterocycles. The minimum Gasteiger partial charge on any atom is -0.390 e. The number of ether oxygens (including phenoxy) is 2. The molecule has 3 aliphatic heterocycles. The number of alkyl halides is 1. The van der Waals surface area contributed by atoms with Crippen LogP contribution in [0.3, 0.4) is 0 Å². The van der Waals surface area contributed by atoms with Crippen LogP contribution in [0.1, 0.15) is 53.4 Å². The lowest BCUT2D eigenvalue weighted by molar-refractivity contribution is -0.248. The first-order valence-corrected chi connectivity index (χ1v) is 8.29. The Kier molecular flexibility index (Phi) is 3.15. The molecular weight excluding hydrogens is 308 g/mol. The summed E-state index contributed by atoms with van der Waals surface area (Å²) in [6, 6.07) is 0. The van der Waals surface area contributed by atoms with E-state index in [4.69, 9.17) is 9.47 Å². The number of hydrogen-bond donors (Lipinski definition) is 1. The lowest BCUT2D eigenvalue weighted by Crippen LogP contribution is -2.60. The number of halogens is 1. The van der Waals surface area contributed by atoms with E-state index in [-0.39, 0.29) is 28.2 Å². The Morgan fingerprint density at radius 2 is 1.84 bits per heavy atom. The van der Waals surface area contributed by atoms with Crippen LogP contribution < -0.4 is 0 Å². The van der Waals surface area contributed by atoms with Crippen molar-refractivity contribution in [3.63, 3.8) is 0 Å². The second kappa shape index (κ2) is 4.19. The van der Waals surface area contributed by atoms with Gasteiger partial charge in [-0.3, -0.25) is 0 Å². The summed E-state index contributed by atoms with van der Waals surface area (Å²) in [6.45, 7) is 8.53. The molecular formula is C15H25BrO3. The fraction of sp³-hybridized carbons (Fsp3) is 1.00. The smallest absolute Gasteiger partial charge is 0.0952 e. The van der Waals surface area contributed by atoms with Gasteiger partial charge in [-0.25, -0.2) is 0 Å². The quantitative estimate of drug-likeness (QED) is 0.693. The maximum Gasteiger partial charge on any atom is 0.0952 e. The van der Waals surface area contributed by atoms with Crippen molar-refractivity contribution in [2.75, 3.05) is 0 Å². The highest BCUT2D eigenvalue weighted by atomic mass is 79.9. The largest absolute Gasteiger partial charge is 0.390 e. The van der Waals surface area contributed by atoms with E-state index in [9.17, 15) is 5.11 Å². The molecule has 4 fully saturated rings. The van der Waals surface area contributed by atoms with Crippen LogP contribution >= 0.6 is 15.9 Å². The molecule has 4 heteroatoms. The minimum atomic E-state index is -0.392. The van der Waals surface area contributed by atoms with Crippen molar-refractivity contribution >= 4 is 15.9 Å². The van der Waals surface area contributed by atoms with Crippen LogP contribution in [0.25, 0.3) is 0 Å². The van der Waals surface area contributed by atoms with Crippen molar-refractivity contribution in [3.8, 4) is 0 Å². The molecule has 0 aromatic heterocycles. The molecule has 3 unspecified atom stereocenters. The summed E-state index contributed by atoms with van der Waals surface area (Å²) in [5, 5.41) is 10.4. The molecule has 0 amide bonds. The van der Waals surface area contributed by atoms with Gasteiger partial charge in [0.25, 0.3) is 0 Å². The Labute approximate surface area is 124 Å². The second-order valence-electron chi connectivity index (χ2n) is 7.50. The summed E-state index contributed by atoms with van der Waals surface area (Å²) in [4.78, 5) is 0.288. The summed E-state index contributed by atoms with van der Waals surface area (Å²) < 4.78 is 12.9. The first-order chi connectivity index (χ1) is 8.67. The highest BCUT2D eigenvalue weighted by Gasteiger charge is 2.60. The van der Waals surface area contributed by atoms with E-state index in [1.54, 1.807) is 0 Å². The summed E-state index contributed by atoms with van der Waals surface area (Å²) in [5.41, 5.74) is -0.859. The fourth-order valence-corrected chi connectivity index (χ4v) is 4.59. The van der Waals surface area contributed by atoms with Gasteiger partial charge < -0.3 is 14.6 Å². The number of hydrogen-bond acceptors (Lipinski definition) is 3. The maximum atomic E-state index is 10.4. The van der Waals surface area contributed by atoms with Gasteiger partial charge in [-0.15, -0.1) is 0 Å². The van der Waals surface area contributed by atoms with E-state index in [0.29, 0.717) is 5.92 Å². The first kappa shape index (κ1) is 14.3. The van der Waals surface area contributed by atoms with Gasteiger partial charge >= 0.3 is 0 Å². The van der Waals surface area contributed by atoms with E-state index in [1.807, 2.05) is 0 Å². The van der Waals surface area contributed by atoms with E-state index in [1.165, 1.54) is 0 Å². The molecule has 1 saturated carbocycles.